The van der Waals surface area contributed by atoms with Crippen molar-refractivity contribution in [3.8, 4) is 0 Å². The smallest absolute Gasteiger partial charge is 0.323 e. The Morgan fingerprint density at radius 1 is 1.22 bits per heavy atom. The fraction of sp³-hybridized carbons (Fsp3) is 0.700. The third-order valence-corrected chi connectivity index (χ3v) is 2.13. The summed E-state index contributed by atoms with van der Waals surface area (Å²) >= 11 is 0. The van der Waals surface area contributed by atoms with Crippen LogP contribution in [0.15, 0.2) is 0 Å². The van der Waals surface area contributed by atoms with Gasteiger partial charge in [0.15, 0.2) is 0 Å². The minimum Gasteiger partial charge on any atom is -0.480 e. The molecule has 0 aliphatic rings. The van der Waals surface area contributed by atoms with Crippen LogP contribution in [-0.2, 0) is 14.3 Å². The fourth-order valence-corrected chi connectivity index (χ4v) is 1.25. The lowest BCUT2D eigenvalue weighted by Crippen LogP contribution is -2.49. The predicted molar refractivity (Wildman–Crippen MR) is 61.3 cm³/mol. The molecular formula is C10H18N2O6. The third kappa shape index (κ3) is 6.69. The number of amides is 2. The summed E-state index contributed by atoms with van der Waals surface area (Å²) in [6.07, 6.45) is 0.591. The molecule has 1 atom stereocenters. The highest BCUT2D eigenvalue weighted by molar-refractivity contribution is 5.84. The van der Waals surface area contributed by atoms with Gasteiger partial charge in [-0.1, -0.05) is 6.92 Å². The first-order chi connectivity index (χ1) is 8.40. The van der Waals surface area contributed by atoms with Gasteiger partial charge in [0, 0.05) is 7.11 Å². The zero-order chi connectivity index (χ0) is 14.1. The largest absolute Gasteiger partial charge is 0.480 e. The van der Waals surface area contributed by atoms with Crippen LogP contribution < -0.4 is 5.32 Å². The molecule has 104 valence electrons. The van der Waals surface area contributed by atoms with Gasteiger partial charge in [0.25, 0.3) is 0 Å². The Hall–Kier alpha value is -1.83. The van der Waals surface area contributed by atoms with E-state index < -0.39 is 31.1 Å². The topological polar surface area (TPSA) is 116 Å². The van der Waals surface area contributed by atoms with Gasteiger partial charge < -0.3 is 25.2 Å². The molecule has 0 heterocycles. The zero-order valence-electron chi connectivity index (χ0n) is 10.4. The molecule has 0 spiro atoms. The first-order valence-electron chi connectivity index (χ1n) is 5.38. The number of nitrogens with zero attached hydrogens (tertiary/aromatic N) is 1. The lowest BCUT2D eigenvalue weighted by atomic mass is 10.2. The molecule has 1 unspecified atom stereocenters. The van der Waals surface area contributed by atoms with E-state index in [4.69, 9.17) is 14.9 Å². The van der Waals surface area contributed by atoms with Crippen molar-refractivity contribution in [1.82, 2.24) is 10.2 Å². The third-order valence-electron chi connectivity index (χ3n) is 2.13. The number of carboxylic acids is 2. The molecule has 0 fully saturated rings. The van der Waals surface area contributed by atoms with Crippen LogP contribution in [0.25, 0.3) is 0 Å². The van der Waals surface area contributed by atoms with E-state index in [-0.39, 0.29) is 12.6 Å². The Labute approximate surface area is 105 Å². The highest BCUT2D eigenvalue weighted by Gasteiger charge is 2.21. The first kappa shape index (κ1) is 16.2. The molecule has 0 aliphatic carbocycles. The molecular weight excluding hydrogens is 244 g/mol. The van der Waals surface area contributed by atoms with Gasteiger partial charge in [0.1, 0.15) is 13.1 Å². The van der Waals surface area contributed by atoms with Gasteiger partial charge in [-0.25, -0.2) is 4.79 Å². The van der Waals surface area contributed by atoms with Crippen molar-refractivity contribution in [1.29, 1.82) is 0 Å². The van der Waals surface area contributed by atoms with Crippen LogP contribution >= 0.6 is 0 Å². The minimum absolute atomic E-state index is 0.274. The summed E-state index contributed by atoms with van der Waals surface area (Å²) in [6.45, 7) is 0.766. The average Bonchev–Trinajstić information content (AvgIpc) is 2.26. The lowest BCUT2D eigenvalue weighted by Gasteiger charge is -2.23. The molecule has 0 aliphatic heterocycles. The first-order valence-corrected chi connectivity index (χ1v) is 5.38. The Kier molecular flexibility index (Phi) is 7.45. The molecule has 0 radical (unpaired) electrons. The van der Waals surface area contributed by atoms with Crippen LogP contribution in [0.2, 0.25) is 0 Å². The standard InChI is InChI=1S/C10H18N2O6/c1-3-7(6-18-2)11-10(17)12(4-8(13)14)5-9(15)16/h7H,3-6H2,1-2H3,(H,11,17)(H,13,14)(H,15,16). The van der Waals surface area contributed by atoms with E-state index in [9.17, 15) is 14.4 Å². The molecule has 2 amide bonds. The van der Waals surface area contributed by atoms with Crippen LogP contribution in [0.4, 0.5) is 4.79 Å². The number of aliphatic carboxylic acids is 2. The van der Waals surface area contributed by atoms with Crippen LogP contribution in [0.3, 0.4) is 0 Å². The Morgan fingerprint density at radius 3 is 2.06 bits per heavy atom. The van der Waals surface area contributed by atoms with Gasteiger partial charge in [-0.3, -0.25) is 9.59 Å². The highest BCUT2D eigenvalue weighted by Crippen LogP contribution is 1.96. The zero-order valence-corrected chi connectivity index (χ0v) is 10.4. The maximum absolute atomic E-state index is 11.7. The van der Waals surface area contributed by atoms with Crippen molar-refractivity contribution in [3.05, 3.63) is 0 Å². The summed E-state index contributed by atoms with van der Waals surface area (Å²) in [6, 6.07) is -1.02. The molecule has 8 heteroatoms. The molecule has 0 rings (SSSR count). The van der Waals surface area contributed by atoms with Gasteiger partial charge in [-0.15, -0.1) is 0 Å². The number of ether oxygens (including phenoxy) is 1. The molecule has 0 bridgehead atoms. The quantitative estimate of drug-likeness (QED) is 0.547. The van der Waals surface area contributed by atoms with E-state index in [1.54, 1.807) is 0 Å². The number of carbonyl (C=O) groups is 3. The SMILES string of the molecule is CCC(COC)NC(=O)N(CC(=O)O)CC(=O)O. The van der Waals surface area contributed by atoms with E-state index in [1.165, 1.54) is 7.11 Å². The number of nitrogens with one attached hydrogen (secondary N) is 1. The fourth-order valence-electron chi connectivity index (χ4n) is 1.25. The van der Waals surface area contributed by atoms with Crippen molar-refractivity contribution < 1.29 is 29.3 Å². The van der Waals surface area contributed by atoms with E-state index >= 15 is 0 Å². The van der Waals surface area contributed by atoms with Crippen LogP contribution in [-0.4, -0.2) is 65.9 Å². The Balaban J connectivity index is 4.52. The number of carboxylic acid groups (broad SMARTS) is 2. The van der Waals surface area contributed by atoms with Gasteiger partial charge in [0.05, 0.1) is 12.6 Å². The van der Waals surface area contributed by atoms with Gasteiger partial charge >= 0.3 is 18.0 Å². The molecule has 0 aromatic heterocycles. The molecule has 3 N–H and O–H groups in total. The molecule has 0 aromatic rings. The average molecular weight is 262 g/mol. The van der Waals surface area contributed by atoms with Crippen molar-refractivity contribution in [2.24, 2.45) is 0 Å². The Morgan fingerprint density at radius 2 is 1.72 bits per heavy atom. The second-order valence-electron chi connectivity index (χ2n) is 3.65. The number of hydrogen-bond acceptors (Lipinski definition) is 4. The summed E-state index contributed by atoms with van der Waals surface area (Å²) in [4.78, 5) is 33.5. The molecule has 8 nitrogen and oxygen atoms in total. The summed E-state index contributed by atoms with van der Waals surface area (Å²) < 4.78 is 4.87. The normalized spacial score (nSPS) is 11.7. The summed E-state index contributed by atoms with van der Waals surface area (Å²) in [7, 11) is 1.47. The van der Waals surface area contributed by atoms with Crippen LogP contribution in [0, 0.1) is 0 Å². The van der Waals surface area contributed by atoms with Crippen molar-refractivity contribution in [2.45, 2.75) is 19.4 Å². The number of methoxy groups -OCH3 is 1. The van der Waals surface area contributed by atoms with Crippen molar-refractivity contribution in [2.75, 3.05) is 26.8 Å². The van der Waals surface area contributed by atoms with Gasteiger partial charge in [-0.2, -0.15) is 0 Å². The second-order valence-corrected chi connectivity index (χ2v) is 3.65. The van der Waals surface area contributed by atoms with Gasteiger partial charge in [-0.05, 0) is 6.42 Å². The number of hydrogen-bond donors (Lipinski definition) is 3. The second kappa shape index (κ2) is 8.29. The van der Waals surface area contributed by atoms with Crippen molar-refractivity contribution in [3.63, 3.8) is 0 Å². The minimum atomic E-state index is -1.27. The summed E-state index contributed by atoms with van der Waals surface area (Å²) in [5.74, 6) is -2.54. The Bertz CT molecular complexity index is 291. The maximum atomic E-state index is 11.7. The van der Waals surface area contributed by atoms with E-state index in [0.29, 0.717) is 11.3 Å². The lowest BCUT2D eigenvalue weighted by molar-refractivity contribution is -0.140. The molecule has 0 aromatic carbocycles. The van der Waals surface area contributed by atoms with Crippen LogP contribution in [0.5, 0.6) is 0 Å². The predicted octanol–water partition coefficient (Wildman–Crippen LogP) is -0.408. The summed E-state index contributed by atoms with van der Waals surface area (Å²) in [5, 5.41) is 19.7. The van der Waals surface area contributed by atoms with Gasteiger partial charge in [0.2, 0.25) is 0 Å². The molecule has 18 heavy (non-hydrogen) atoms. The number of carbonyl (C=O) groups excluding carboxylic acids is 1. The highest BCUT2D eigenvalue weighted by atomic mass is 16.5. The number of urea groups is 1. The number of rotatable bonds is 8. The molecule has 0 saturated heterocycles. The summed E-state index contributed by atoms with van der Waals surface area (Å²) in [5.41, 5.74) is 0. The van der Waals surface area contributed by atoms with E-state index in [1.807, 2.05) is 6.92 Å². The monoisotopic (exact) mass is 262 g/mol. The van der Waals surface area contributed by atoms with E-state index in [0.717, 1.165) is 0 Å². The van der Waals surface area contributed by atoms with Crippen LogP contribution in [0.1, 0.15) is 13.3 Å². The maximum Gasteiger partial charge on any atom is 0.323 e. The van der Waals surface area contributed by atoms with E-state index in [2.05, 4.69) is 5.32 Å². The molecule has 0 saturated carbocycles. The van der Waals surface area contributed by atoms with Crippen molar-refractivity contribution >= 4 is 18.0 Å².